The Kier molecular flexibility index (Phi) is 7.31. The molecule has 0 radical (unpaired) electrons. The summed E-state index contributed by atoms with van der Waals surface area (Å²) in [5, 5.41) is 0. The molecule has 0 aromatic carbocycles. The maximum atomic E-state index is 12.4. The number of hydrogen-bond donors (Lipinski definition) is 0. The van der Waals surface area contributed by atoms with E-state index in [0.29, 0.717) is 30.9 Å². The van der Waals surface area contributed by atoms with Crippen molar-refractivity contribution in [3.8, 4) is 0 Å². The van der Waals surface area contributed by atoms with Crippen LogP contribution in [0.15, 0.2) is 11.6 Å². The van der Waals surface area contributed by atoms with E-state index in [1.54, 1.807) is 0 Å². The standard InChI is InChI=1S/C17H32O/c1-4-7-9-10-13-17(18)15-14-16(11-6-3)12-8-5-2/h12H,4-11,13-15H2,1-3H3/b16-12+/i12D,13D2,15D2. The van der Waals surface area contributed by atoms with Crippen molar-refractivity contribution in [3.05, 3.63) is 11.6 Å². The number of allylic oxidation sites excluding steroid dienone is 2. The Hall–Kier alpha value is -0.590. The van der Waals surface area contributed by atoms with Gasteiger partial charge in [-0.3, -0.25) is 4.79 Å². The number of unbranched alkanes of at least 4 members (excludes halogenated alkanes) is 2. The van der Waals surface area contributed by atoms with Gasteiger partial charge in [0.1, 0.15) is 5.78 Å². The van der Waals surface area contributed by atoms with E-state index in [2.05, 4.69) is 0 Å². The molecule has 0 bridgehead atoms. The molecular weight excluding hydrogens is 220 g/mol. The highest BCUT2D eigenvalue weighted by molar-refractivity contribution is 5.78. The van der Waals surface area contributed by atoms with Crippen LogP contribution in [-0.2, 0) is 4.79 Å². The molecule has 0 aliphatic rings. The van der Waals surface area contributed by atoms with Crippen molar-refractivity contribution in [2.45, 2.75) is 91.3 Å². The van der Waals surface area contributed by atoms with Crippen LogP contribution in [0.25, 0.3) is 0 Å². The zero-order chi connectivity index (χ0) is 18.1. The van der Waals surface area contributed by atoms with E-state index in [1.807, 2.05) is 20.8 Å². The first-order valence-corrected chi connectivity index (χ1v) is 7.34. The number of hydrogen-bond acceptors (Lipinski definition) is 1. The molecule has 0 spiro atoms. The zero-order valence-corrected chi connectivity index (χ0v) is 12.3. The van der Waals surface area contributed by atoms with Gasteiger partial charge in [0.05, 0.1) is 1.37 Å². The molecular formula is C17H32O. The van der Waals surface area contributed by atoms with Gasteiger partial charge in [0, 0.05) is 18.2 Å². The molecule has 18 heavy (non-hydrogen) atoms. The molecule has 0 heterocycles. The van der Waals surface area contributed by atoms with Crippen LogP contribution in [0.1, 0.15) is 98.2 Å². The van der Waals surface area contributed by atoms with Crippen LogP contribution < -0.4 is 0 Å². The third kappa shape index (κ3) is 10.6. The SMILES string of the molecule is [2H]/C(CCC)=C(/CCC)CC([2H])([2H])C(=O)C([2H])([2H])CCCCC. The summed E-state index contributed by atoms with van der Waals surface area (Å²) in [6.45, 7) is 5.92. The molecule has 0 amide bonds. The van der Waals surface area contributed by atoms with Gasteiger partial charge in [-0.15, -0.1) is 0 Å². The molecule has 0 aromatic heterocycles. The molecule has 0 N–H and O–H groups in total. The van der Waals surface area contributed by atoms with Crippen molar-refractivity contribution in [2.24, 2.45) is 0 Å². The summed E-state index contributed by atoms with van der Waals surface area (Å²) in [7, 11) is 0. The highest BCUT2D eigenvalue weighted by Gasteiger charge is 2.04. The van der Waals surface area contributed by atoms with Crippen LogP contribution in [0.5, 0.6) is 0 Å². The van der Waals surface area contributed by atoms with Crippen LogP contribution in [0.3, 0.4) is 0 Å². The Morgan fingerprint density at radius 1 is 1.00 bits per heavy atom. The van der Waals surface area contributed by atoms with E-state index >= 15 is 0 Å². The van der Waals surface area contributed by atoms with Gasteiger partial charge in [-0.05, 0) is 25.7 Å². The van der Waals surface area contributed by atoms with Crippen LogP contribution in [0.4, 0.5) is 0 Å². The molecule has 0 aliphatic carbocycles. The van der Waals surface area contributed by atoms with Crippen molar-refractivity contribution in [2.75, 3.05) is 0 Å². The molecule has 0 saturated carbocycles. The lowest BCUT2D eigenvalue weighted by Gasteiger charge is -2.06. The Morgan fingerprint density at radius 2 is 1.78 bits per heavy atom. The monoisotopic (exact) mass is 257 g/mol. The van der Waals surface area contributed by atoms with Crippen LogP contribution in [0.2, 0.25) is 0 Å². The topological polar surface area (TPSA) is 17.1 Å². The van der Waals surface area contributed by atoms with Gasteiger partial charge < -0.3 is 0 Å². The molecule has 1 nitrogen and oxygen atoms in total. The van der Waals surface area contributed by atoms with Crippen molar-refractivity contribution in [3.63, 3.8) is 0 Å². The summed E-state index contributed by atoms with van der Waals surface area (Å²) < 4.78 is 40.0. The van der Waals surface area contributed by atoms with Crippen LogP contribution in [0, 0.1) is 0 Å². The minimum absolute atomic E-state index is 0.0642. The second kappa shape index (κ2) is 12.9. The van der Waals surface area contributed by atoms with Crippen molar-refractivity contribution in [1.82, 2.24) is 0 Å². The highest BCUT2D eigenvalue weighted by atomic mass is 16.1. The number of ketones is 1. The summed E-state index contributed by atoms with van der Waals surface area (Å²) in [5.41, 5.74) is 0.650. The fraction of sp³-hybridized carbons (Fsp3) is 0.824. The summed E-state index contributed by atoms with van der Waals surface area (Å²) in [5.74, 6) is -0.973. The van der Waals surface area contributed by atoms with E-state index in [1.165, 1.54) is 0 Å². The van der Waals surface area contributed by atoms with E-state index in [4.69, 9.17) is 6.85 Å². The molecule has 1 heteroatoms. The average molecular weight is 257 g/mol. The van der Waals surface area contributed by atoms with Gasteiger partial charge in [-0.1, -0.05) is 64.5 Å². The van der Waals surface area contributed by atoms with E-state index < -0.39 is 18.5 Å². The number of carbonyl (C=O) groups excluding carboxylic acids is 1. The summed E-state index contributed by atoms with van der Waals surface area (Å²) in [6, 6.07) is 0.401. The lowest BCUT2D eigenvalue weighted by Crippen LogP contribution is -1.99. The predicted octanol–water partition coefficient (Wildman–Crippen LogP) is 5.83. The van der Waals surface area contributed by atoms with Crippen molar-refractivity contribution < 1.29 is 11.6 Å². The quantitative estimate of drug-likeness (QED) is 0.317. The maximum Gasteiger partial charge on any atom is 0.133 e. The largest absolute Gasteiger partial charge is 0.300 e. The Balaban J connectivity index is 5.13. The minimum Gasteiger partial charge on any atom is -0.300 e. The lowest BCUT2D eigenvalue weighted by atomic mass is 9.99. The third-order valence-corrected chi connectivity index (χ3v) is 2.70. The maximum absolute atomic E-state index is 12.4. The van der Waals surface area contributed by atoms with E-state index in [0.717, 1.165) is 25.7 Å². The molecule has 0 fully saturated rings. The minimum atomic E-state index is -2.25. The molecule has 0 atom stereocenters. The van der Waals surface area contributed by atoms with Gasteiger partial charge in [0.25, 0.3) is 0 Å². The summed E-state index contributed by atoms with van der Waals surface area (Å²) >= 11 is 0. The number of Topliss-reactive ketones (excluding diaryl/α,β-unsaturated/α-hetero) is 1. The first-order valence-electron chi connectivity index (χ1n) is 9.84. The molecule has 0 rings (SSSR count). The van der Waals surface area contributed by atoms with E-state index in [9.17, 15) is 4.79 Å². The smallest absolute Gasteiger partial charge is 0.133 e. The highest BCUT2D eigenvalue weighted by Crippen LogP contribution is 2.15. The Bertz CT molecular complexity index is 402. The van der Waals surface area contributed by atoms with Crippen LogP contribution in [-0.4, -0.2) is 5.78 Å². The Morgan fingerprint density at radius 3 is 2.39 bits per heavy atom. The summed E-state index contributed by atoms with van der Waals surface area (Å²) in [6.07, 6.45) is 0.625. The number of rotatable bonds is 12. The predicted molar refractivity (Wildman–Crippen MR) is 80.9 cm³/mol. The first-order chi connectivity index (χ1) is 10.6. The van der Waals surface area contributed by atoms with Gasteiger partial charge in [-0.2, -0.15) is 0 Å². The van der Waals surface area contributed by atoms with Crippen LogP contribution >= 0.6 is 0 Å². The molecule has 0 aromatic rings. The molecule has 106 valence electrons. The zero-order valence-electron chi connectivity index (χ0n) is 17.3. The second-order valence-electron chi connectivity index (χ2n) is 4.60. The summed E-state index contributed by atoms with van der Waals surface area (Å²) in [4.78, 5) is 12.4. The fourth-order valence-electron chi connectivity index (χ4n) is 1.67. The van der Waals surface area contributed by atoms with Gasteiger partial charge >= 0.3 is 0 Å². The average Bonchev–Trinajstić information content (AvgIpc) is 2.46. The van der Waals surface area contributed by atoms with Gasteiger partial charge in [0.2, 0.25) is 0 Å². The Labute approximate surface area is 121 Å². The normalized spacial score (nSPS) is 18.1. The number of carbonyl (C=O) groups is 1. The lowest BCUT2D eigenvalue weighted by molar-refractivity contribution is -0.119. The fourth-order valence-corrected chi connectivity index (χ4v) is 1.67. The molecule has 0 unspecified atom stereocenters. The first kappa shape index (κ1) is 10.2. The van der Waals surface area contributed by atoms with Gasteiger partial charge in [0.15, 0.2) is 0 Å². The van der Waals surface area contributed by atoms with Crippen molar-refractivity contribution >= 4 is 5.78 Å². The third-order valence-electron chi connectivity index (χ3n) is 2.70. The van der Waals surface area contributed by atoms with Gasteiger partial charge in [-0.25, -0.2) is 0 Å². The van der Waals surface area contributed by atoms with Crippen molar-refractivity contribution in [1.29, 1.82) is 0 Å². The second-order valence-corrected chi connectivity index (χ2v) is 4.60. The molecule has 0 saturated heterocycles. The van der Waals surface area contributed by atoms with E-state index in [-0.39, 0.29) is 12.8 Å². The molecule has 0 aliphatic heterocycles.